The van der Waals surface area contributed by atoms with E-state index in [9.17, 15) is 14.4 Å². The number of rotatable bonds is 4. The van der Waals surface area contributed by atoms with Gasteiger partial charge in [-0.05, 0) is 18.2 Å². The normalized spacial score (nSPS) is 10.7. The van der Waals surface area contributed by atoms with E-state index < -0.39 is 17.8 Å². The van der Waals surface area contributed by atoms with Crippen molar-refractivity contribution >= 4 is 56.6 Å². The minimum absolute atomic E-state index is 0.195. The van der Waals surface area contributed by atoms with Crippen LogP contribution >= 0.6 is 22.9 Å². The van der Waals surface area contributed by atoms with Gasteiger partial charge < -0.3 is 15.2 Å². The van der Waals surface area contributed by atoms with Crippen LogP contribution in [0.4, 0.5) is 5.69 Å². The number of hydrogen-bond donors (Lipinski definition) is 2. The Morgan fingerprint density at radius 2 is 2.08 bits per heavy atom. The first-order chi connectivity index (χ1) is 12.3. The number of carboxylic acid groups (broad SMARTS) is 1. The third-order valence-electron chi connectivity index (χ3n) is 3.53. The van der Waals surface area contributed by atoms with E-state index in [0.29, 0.717) is 15.8 Å². The fraction of sp³-hybridized carbons (Fsp3) is 0.125. The van der Waals surface area contributed by atoms with E-state index in [-0.39, 0.29) is 21.2 Å². The number of aromatic nitrogens is 2. The van der Waals surface area contributed by atoms with Crippen LogP contribution in [0, 0.1) is 0 Å². The second-order valence-electron chi connectivity index (χ2n) is 5.27. The maximum absolute atomic E-state index is 12.4. The molecule has 0 radical (unpaired) electrons. The first-order valence-electron chi connectivity index (χ1n) is 7.20. The highest BCUT2D eigenvalue weighted by molar-refractivity contribution is 7.21. The van der Waals surface area contributed by atoms with E-state index in [1.807, 2.05) is 0 Å². The first-order valence-corrected chi connectivity index (χ1v) is 8.40. The molecule has 0 saturated carbocycles. The molecule has 0 atom stereocenters. The molecule has 0 unspecified atom stereocenters. The molecule has 0 bridgehead atoms. The third kappa shape index (κ3) is 3.14. The number of carbonyl (C=O) groups is 3. The molecule has 1 aromatic carbocycles. The molecule has 0 aliphatic carbocycles. The number of ether oxygens (including phenoxy) is 1. The monoisotopic (exact) mass is 393 g/mol. The molecule has 26 heavy (non-hydrogen) atoms. The van der Waals surface area contributed by atoms with E-state index in [2.05, 4.69) is 15.2 Å². The largest absolute Gasteiger partial charge is 0.478 e. The number of nitrogens with one attached hydrogen (secondary N) is 1. The van der Waals surface area contributed by atoms with E-state index >= 15 is 0 Å². The van der Waals surface area contributed by atoms with Gasteiger partial charge in [-0.15, -0.1) is 11.3 Å². The number of carboxylic acids is 1. The van der Waals surface area contributed by atoms with E-state index in [4.69, 9.17) is 16.7 Å². The average molecular weight is 394 g/mol. The number of aryl methyl sites for hydroxylation is 1. The van der Waals surface area contributed by atoms with Crippen molar-refractivity contribution in [3.63, 3.8) is 0 Å². The van der Waals surface area contributed by atoms with Crippen molar-refractivity contribution in [3.05, 3.63) is 45.6 Å². The van der Waals surface area contributed by atoms with Crippen LogP contribution in [0.2, 0.25) is 5.02 Å². The fourth-order valence-electron chi connectivity index (χ4n) is 2.37. The van der Waals surface area contributed by atoms with Crippen molar-refractivity contribution in [2.75, 3.05) is 12.4 Å². The van der Waals surface area contributed by atoms with Gasteiger partial charge in [0.05, 0.1) is 12.1 Å². The highest BCUT2D eigenvalue weighted by Gasteiger charge is 2.22. The van der Waals surface area contributed by atoms with Gasteiger partial charge in [0.2, 0.25) is 0 Å². The van der Waals surface area contributed by atoms with E-state index in [1.54, 1.807) is 18.2 Å². The van der Waals surface area contributed by atoms with Gasteiger partial charge in [-0.3, -0.25) is 9.48 Å². The zero-order valence-electron chi connectivity index (χ0n) is 13.6. The molecule has 0 spiro atoms. The van der Waals surface area contributed by atoms with Gasteiger partial charge in [-0.2, -0.15) is 5.10 Å². The number of carbonyl (C=O) groups excluding carboxylic acids is 2. The lowest BCUT2D eigenvalue weighted by Crippen LogP contribution is -2.16. The molecular formula is C16H12ClN3O5S. The zero-order valence-corrected chi connectivity index (χ0v) is 15.1. The summed E-state index contributed by atoms with van der Waals surface area (Å²) in [7, 11) is 2.79. The van der Waals surface area contributed by atoms with Crippen LogP contribution in [-0.4, -0.2) is 39.8 Å². The quantitative estimate of drug-likeness (QED) is 0.659. The third-order valence-corrected chi connectivity index (χ3v) is 5.17. The van der Waals surface area contributed by atoms with E-state index in [0.717, 1.165) is 11.3 Å². The molecular weight excluding hydrogens is 382 g/mol. The lowest BCUT2D eigenvalue weighted by Gasteiger charge is -2.04. The predicted molar refractivity (Wildman–Crippen MR) is 96.3 cm³/mol. The lowest BCUT2D eigenvalue weighted by molar-refractivity contribution is 0.0605. The molecule has 0 saturated heterocycles. The molecule has 0 aliphatic rings. The lowest BCUT2D eigenvalue weighted by atomic mass is 10.2. The number of nitrogens with zero attached hydrogens (tertiary/aromatic N) is 2. The number of fused-ring (bicyclic) bond motifs is 1. The predicted octanol–water partition coefficient (Wildman–Crippen LogP) is 3.03. The van der Waals surface area contributed by atoms with Crippen LogP contribution in [0.1, 0.15) is 30.5 Å². The molecule has 1 amide bonds. The van der Waals surface area contributed by atoms with Gasteiger partial charge in [0.25, 0.3) is 5.91 Å². The van der Waals surface area contributed by atoms with Gasteiger partial charge in [0, 0.05) is 29.0 Å². The molecule has 0 fully saturated rings. The van der Waals surface area contributed by atoms with Crippen LogP contribution in [0.15, 0.2) is 24.4 Å². The Morgan fingerprint density at radius 1 is 1.35 bits per heavy atom. The zero-order chi connectivity index (χ0) is 19.0. The Morgan fingerprint density at radius 3 is 2.73 bits per heavy atom. The summed E-state index contributed by atoms with van der Waals surface area (Å²) in [5.41, 5.74) is 0.0246. The van der Waals surface area contributed by atoms with Crippen LogP contribution in [-0.2, 0) is 11.8 Å². The minimum Gasteiger partial charge on any atom is -0.478 e. The minimum atomic E-state index is -1.24. The summed E-state index contributed by atoms with van der Waals surface area (Å²) in [6.45, 7) is 0. The Balaban J connectivity index is 1.93. The second-order valence-corrected chi connectivity index (χ2v) is 6.70. The standard InChI is InChI=1S/C16H12ClN3O5S/c1-20-6-9(15(22)23)12(19-20)14(21)18-7-3-4-8-10(5-7)26-13(11(8)17)16(24)25-2/h3-6H,1-2H3,(H,18,21)(H,22,23). The Hall–Kier alpha value is -2.91. The summed E-state index contributed by atoms with van der Waals surface area (Å²) in [6.07, 6.45) is 1.25. The van der Waals surface area contributed by atoms with Crippen molar-refractivity contribution in [3.8, 4) is 0 Å². The van der Waals surface area contributed by atoms with Gasteiger partial charge in [-0.1, -0.05) is 11.6 Å². The molecule has 2 aromatic heterocycles. The molecule has 8 nitrogen and oxygen atoms in total. The molecule has 10 heteroatoms. The van der Waals surface area contributed by atoms with Crippen LogP contribution in [0.3, 0.4) is 0 Å². The number of methoxy groups -OCH3 is 1. The van der Waals surface area contributed by atoms with Crippen molar-refractivity contribution in [2.24, 2.45) is 7.05 Å². The summed E-state index contributed by atoms with van der Waals surface area (Å²) < 4.78 is 6.62. The highest BCUT2D eigenvalue weighted by Crippen LogP contribution is 2.37. The maximum atomic E-state index is 12.4. The van der Waals surface area contributed by atoms with Gasteiger partial charge in [0.1, 0.15) is 10.4 Å². The Bertz CT molecular complexity index is 1060. The molecule has 134 valence electrons. The number of esters is 1. The second kappa shape index (κ2) is 6.77. The molecule has 3 rings (SSSR count). The SMILES string of the molecule is COC(=O)c1sc2cc(NC(=O)c3nn(C)cc3C(=O)O)ccc2c1Cl. The van der Waals surface area contributed by atoms with E-state index in [1.165, 1.54) is 25.0 Å². The summed E-state index contributed by atoms with van der Waals surface area (Å²) in [5, 5.41) is 16.6. The molecule has 3 aromatic rings. The number of hydrogen-bond acceptors (Lipinski definition) is 6. The fourth-order valence-corrected chi connectivity index (χ4v) is 3.84. The van der Waals surface area contributed by atoms with Gasteiger partial charge in [-0.25, -0.2) is 9.59 Å². The van der Waals surface area contributed by atoms with Gasteiger partial charge in [0.15, 0.2) is 5.69 Å². The Labute approximate surface area is 155 Å². The van der Waals surface area contributed by atoms with Gasteiger partial charge >= 0.3 is 11.9 Å². The first kappa shape index (κ1) is 17.9. The Kier molecular flexibility index (Phi) is 4.66. The molecule has 2 N–H and O–H groups in total. The number of anilines is 1. The number of amides is 1. The summed E-state index contributed by atoms with van der Waals surface area (Å²) >= 11 is 7.32. The number of benzene rings is 1. The average Bonchev–Trinajstić information content (AvgIpc) is 3.15. The smallest absolute Gasteiger partial charge is 0.349 e. The highest BCUT2D eigenvalue weighted by atomic mass is 35.5. The summed E-state index contributed by atoms with van der Waals surface area (Å²) in [5.74, 6) is -2.44. The van der Waals surface area contributed by atoms with Crippen LogP contribution < -0.4 is 5.32 Å². The number of aromatic carboxylic acids is 1. The van der Waals surface area contributed by atoms with Crippen molar-refractivity contribution in [1.82, 2.24) is 9.78 Å². The van der Waals surface area contributed by atoms with Crippen molar-refractivity contribution in [1.29, 1.82) is 0 Å². The van der Waals surface area contributed by atoms with Crippen LogP contribution in [0.25, 0.3) is 10.1 Å². The topological polar surface area (TPSA) is 111 Å². The summed E-state index contributed by atoms with van der Waals surface area (Å²) in [4.78, 5) is 35.6. The number of halogens is 1. The van der Waals surface area contributed by atoms with Crippen molar-refractivity contribution < 1.29 is 24.2 Å². The van der Waals surface area contributed by atoms with Crippen molar-refractivity contribution in [2.45, 2.75) is 0 Å². The molecule has 0 aliphatic heterocycles. The van der Waals surface area contributed by atoms with Crippen LogP contribution in [0.5, 0.6) is 0 Å². The maximum Gasteiger partial charge on any atom is 0.349 e. The molecule has 2 heterocycles. The summed E-state index contributed by atoms with van der Waals surface area (Å²) in [6, 6.07) is 4.90. The number of thiophene rings is 1.